The highest BCUT2D eigenvalue weighted by atomic mass is 28.3. The highest BCUT2D eigenvalue weighted by Crippen LogP contribution is 2.09. The van der Waals surface area contributed by atoms with Gasteiger partial charge in [0.05, 0.1) is 19.3 Å². The number of nitrogens with one attached hydrogen (secondary N) is 2. The molecule has 162 valence electrons. The van der Waals surface area contributed by atoms with Gasteiger partial charge in [-0.05, 0) is 18.2 Å². The molecule has 0 saturated carbocycles. The van der Waals surface area contributed by atoms with E-state index in [0.29, 0.717) is 12.4 Å². The summed E-state index contributed by atoms with van der Waals surface area (Å²) >= 11 is 0. The summed E-state index contributed by atoms with van der Waals surface area (Å²) in [5.41, 5.74) is 0. The van der Waals surface area contributed by atoms with E-state index in [4.69, 9.17) is 9.47 Å². The molecule has 0 bridgehead atoms. The first kappa shape index (κ1) is 24.6. The lowest BCUT2D eigenvalue weighted by Crippen LogP contribution is -2.46. The summed E-state index contributed by atoms with van der Waals surface area (Å²) in [7, 11) is -1.28. The maximum Gasteiger partial charge on any atom is 0.407 e. The maximum absolute atomic E-state index is 12.0. The number of carbonyl (C=O) groups excluding carboxylic acids is 3. The van der Waals surface area contributed by atoms with Crippen LogP contribution in [0.4, 0.5) is 4.79 Å². The van der Waals surface area contributed by atoms with Crippen LogP contribution in [-0.2, 0) is 14.3 Å². The Morgan fingerprint density at radius 3 is 2.41 bits per heavy atom. The molecule has 0 saturated heterocycles. The molecule has 1 aromatic carbocycles. The van der Waals surface area contributed by atoms with E-state index in [2.05, 4.69) is 30.3 Å². The van der Waals surface area contributed by atoms with Crippen molar-refractivity contribution in [1.82, 2.24) is 10.6 Å². The van der Waals surface area contributed by atoms with Crippen LogP contribution in [0.25, 0.3) is 0 Å². The fraction of sp³-hybridized carbons (Fsp3) is 0.550. The molecule has 0 spiro atoms. The number of Topliss-reactive ketones (excluding diaryl/α,β-unsaturated/α-hetero) is 1. The van der Waals surface area contributed by atoms with E-state index in [-0.39, 0.29) is 44.3 Å². The van der Waals surface area contributed by atoms with Crippen LogP contribution in [0.15, 0.2) is 30.3 Å². The molecule has 9 heteroatoms. The molecule has 29 heavy (non-hydrogen) atoms. The highest BCUT2D eigenvalue weighted by Gasteiger charge is 2.16. The standard InChI is InChI=1S/C20H32N2O6Si/c1-29(2,3)12-11-27-20(26)21-13-16(14-23)22-19(25)10-9-17(24)15-28-18-7-5-4-6-8-18/h4-8,16,23H,9-15H2,1-3H3,(H,21,26)(H,22,25)/t16-/m0/s1. The predicted molar refractivity (Wildman–Crippen MR) is 113 cm³/mol. The molecule has 8 nitrogen and oxygen atoms in total. The van der Waals surface area contributed by atoms with Crippen molar-refractivity contribution in [2.75, 3.05) is 26.4 Å². The van der Waals surface area contributed by atoms with E-state index in [1.165, 1.54) is 0 Å². The molecule has 0 fully saturated rings. The number of alkyl carbamates (subject to hydrolysis) is 1. The Balaban J connectivity index is 2.21. The number of amides is 2. The van der Waals surface area contributed by atoms with Crippen molar-refractivity contribution in [3.63, 3.8) is 0 Å². The van der Waals surface area contributed by atoms with Gasteiger partial charge in [0.25, 0.3) is 0 Å². The zero-order chi connectivity index (χ0) is 21.7. The fourth-order valence-corrected chi connectivity index (χ4v) is 2.89. The smallest absolute Gasteiger partial charge is 0.407 e. The van der Waals surface area contributed by atoms with E-state index in [1.807, 2.05) is 6.07 Å². The highest BCUT2D eigenvalue weighted by molar-refractivity contribution is 6.76. The third-order valence-electron chi connectivity index (χ3n) is 3.94. The Morgan fingerprint density at radius 2 is 1.79 bits per heavy atom. The Kier molecular flexibility index (Phi) is 11.0. The number of ether oxygens (including phenoxy) is 2. The molecule has 2 amide bonds. The first-order valence-electron chi connectivity index (χ1n) is 9.70. The SMILES string of the molecule is C[Si](C)(C)CCOC(=O)NC[C@@H](CO)NC(=O)CCC(=O)COc1ccccc1. The van der Waals surface area contributed by atoms with Crippen molar-refractivity contribution < 1.29 is 29.0 Å². The van der Waals surface area contributed by atoms with Crippen molar-refractivity contribution in [3.05, 3.63) is 30.3 Å². The second kappa shape index (κ2) is 12.9. The van der Waals surface area contributed by atoms with Gasteiger partial charge in [-0.25, -0.2) is 4.79 Å². The number of para-hydroxylation sites is 1. The minimum atomic E-state index is -1.28. The summed E-state index contributed by atoms with van der Waals surface area (Å²) in [6.07, 6.45) is -0.568. The van der Waals surface area contributed by atoms with Gasteiger partial charge in [-0.2, -0.15) is 0 Å². The summed E-state index contributed by atoms with van der Waals surface area (Å²) < 4.78 is 10.4. The monoisotopic (exact) mass is 424 g/mol. The summed E-state index contributed by atoms with van der Waals surface area (Å²) in [5.74, 6) is 0.00751. The molecule has 1 aromatic rings. The Labute approximate surface area is 173 Å². The summed E-state index contributed by atoms with van der Waals surface area (Å²) in [5, 5.41) is 14.5. The van der Waals surface area contributed by atoms with Gasteiger partial charge in [0.2, 0.25) is 5.91 Å². The van der Waals surface area contributed by atoms with Gasteiger partial charge in [-0.3, -0.25) is 9.59 Å². The lowest BCUT2D eigenvalue weighted by Gasteiger charge is -2.18. The molecule has 1 rings (SSSR count). The molecular weight excluding hydrogens is 392 g/mol. The number of rotatable bonds is 13. The molecule has 0 radical (unpaired) electrons. The number of benzene rings is 1. The van der Waals surface area contributed by atoms with Crippen LogP contribution in [0.5, 0.6) is 5.75 Å². The Bertz CT molecular complexity index is 648. The summed E-state index contributed by atoms with van der Waals surface area (Å²) in [6, 6.07) is 9.16. The maximum atomic E-state index is 12.0. The van der Waals surface area contributed by atoms with Crippen molar-refractivity contribution in [2.45, 2.75) is 44.6 Å². The predicted octanol–water partition coefficient (Wildman–Crippen LogP) is 1.96. The molecule has 3 N–H and O–H groups in total. The number of aliphatic hydroxyl groups is 1. The summed E-state index contributed by atoms with van der Waals surface area (Å²) in [6.45, 7) is 6.50. The van der Waals surface area contributed by atoms with Crippen molar-refractivity contribution in [2.24, 2.45) is 0 Å². The fourth-order valence-electron chi connectivity index (χ4n) is 2.17. The molecule has 0 aliphatic carbocycles. The molecular formula is C20H32N2O6Si. The molecule has 0 heterocycles. The number of carbonyl (C=O) groups is 3. The molecule has 0 unspecified atom stereocenters. The average Bonchev–Trinajstić information content (AvgIpc) is 2.67. The topological polar surface area (TPSA) is 114 Å². The molecule has 0 aliphatic heterocycles. The van der Waals surface area contributed by atoms with Gasteiger partial charge in [0.1, 0.15) is 12.4 Å². The largest absolute Gasteiger partial charge is 0.486 e. The van der Waals surface area contributed by atoms with Crippen molar-refractivity contribution >= 4 is 25.9 Å². The first-order valence-corrected chi connectivity index (χ1v) is 13.4. The zero-order valence-corrected chi connectivity index (χ0v) is 18.4. The van der Waals surface area contributed by atoms with Crippen LogP contribution >= 0.6 is 0 Å². The van der Waals surface area contributed by atoms with Crippen LogP contribution < -0.4 is 15.4 Å². The zero-order valence-electron chi connectivity index (χ0n) is 17.4. The van der Waals surface area contributed by atoms with Crippen LogP contribution in [0.3, 0.4) is 0 Å². The van der Waals surface area contributed by atoms with Crippen LogP contribution in [0, 0.1) is 0 Å². The van der Waals surface area contributed by atoms with Crippen LogP contribution in [0.2, 0.25) is 25.7 Å². The van der Waals surface area contributed by atoms with E-state index in [0.717, 1.165) is 6.04 Å². The lowest BCUT2D eigenvalue weighted by atomic mass is 10.2. The van der Waals surface area contributed by atoms with E-state index in [1.54, 1.807) is 24.3 Å². The van der Waals surface area contributed by atoms with Gasteiger partial charge in [-0.15, -0.1) is 0 Å². The average molecular weight is 425 g/mol. The first-order chi connectivity index (χ1) is 13.7. The normalized spacial score (nSPS) is 12.0. The van der Waals surface area contributed by atoms with E-state index >= 15 is 0 Å². The Morgan fingerprint density at radius 1 is 1.10 bits per heavy atom. The molecule has 0 aliphatic rings. The Hall–Kier alpha value is -2.39. The van der Waals surface area contributed by atoms with Crippen LogP contribution in [0.1, 0.15) is 12.8 Å². The van der Waals surface area contributed by atoms with Crippen LogP contribution in [-0.4, -0.2) is 63.4 Å². The quantitative estimate of drug-likeness (QED) is 0.417. The van der Waals surface area contributed by atoms with Gasteiger partial charge in [-0.1, -0.05) is 37.8 Å². The number of aliphatic hydroxyl groups excluding tert-OH is 1. The number of hydrogen-bond acceptors (Lipinski definition) is 6. The van der Waals surface area contributed by atoms with Crippen molar-refractivity contribution in [3.8, 4) is 5.75 Å². The van der Waals surface area contributed by atoms with Gasteiger partial charge in [0.15, 0.2) is 5.78 Å². The minimum Gasteiger partial charge on any atom is -0.486 e. The molecule has 0 aromatic heterocycles. The van der Waals surface area contributed by atoms with Gasteiger partial charge in [0, 0.05) is 27.5 Å². The number of hydrogen-bond donors (Lipinski definition) is 3. The summed E-state index contributed by atoms with van der Waals surface area (Å²) in [4.78, 5) is 35.5. The van der Waals surface area contributed by atoms with Gasteiger partial charge >= 0.3 is 6.09 Å². The molecule has 1 atom stereocenters. The minimum absolute atomic E-state index is 0.0197. The van der Waals surface area contributed by atoms with E-state index in [9.17, 15) is 19.5 Å². The number of ketones is 1. The lowest BCUT2D eigenvalue weighted by molar-refractivity contribution is -0.126. The van der Waals surface area contributed by atoms with Gasteiger partial charge < -0.3 is 25.2 Å². The second-order valence-corrected chi connectivity index (χ2v) is 13.5. The third kappa shape index (κ3) is 12.6. The third-order valence-corrected chi connectivity index (χ3v) is 5.64. The van der Waals surface area contributed by atoms with Crippen molar-refractivity contribution in [1.29, 1.82) is 0 Å². The van der Waals surface area contributed by atoms with E-state index < -0.39 is 20.2 Å². The second-order valence-electron chi connectivity index (χ2n) is 7.91.